The number of para-hydroxylation sites is 2. The summed E-state index contributed by atoms with van der Waals surface area (Å²) in [4.78, 5) is 0. The van der Waals surface area contributed by atoms with Crippen molar-refractivity contribution in [1.82, 2.24) is 4.57 Å². The summed E-state index contributed by atoms with van der Waals surface area (Å²) in [7, 11) is 0. The molecule has 0 atom stereocenters. The van der Waals surface area contributed by atoms with Crippen LogP contribution in [0.1, 0.15) is 11.1 Å². The first-order valence-electron chi connectivity index (χ1n) is 11.3. The van der Waals surface area contributed by atoms with Crippen LogP contribution in [0.3, 0.4) is 0 Å². The molecule has 0 aliphatic heterocycles. The van der Waals surface area contributed by atoms with Crippen LogP contribution in [-0.4, -0.2) is 4.57 Å². The quantitative estimate of drug-likeness (QED) is 0.251. The van der Waals surface area contributed by atoms with E-state index < -0.39 is 0 Å². The van der Waals surface area contributed by atoms with Crippen LogP contribution in [0.15, 0.2) is 127 Å². The molecular weight excluding hydrogens is 398 g/mol. The molecule has 1 heterocycles. The van der Waals surface area contributed by atoms with E-state index in [-0.39, 0.29) is 0 Å². The minimum Gasteiger partial charge on any atom is -0.309 e. The van der Waals surface area contributed by atoms with E-state index in [9.17, 15) is 0 Å². The average molecular weight is 422 g/mol. The molecular formula is C32H23N. The Morgan fingerprint density at radius 1 is 0.485 bits per heavy atom. The first kappa shape index (κ1) is 19.3. The molecule has 0 aliphatic rings. The molecule has 0 fully saturated rings. The summed E-state index contributed by atoms with van der Waals surface area (Å²) in [6.07, 6.45) is 4.39. The van der Waals surface area contributed by atoms with Gasteiger partial charge in [0.25, 0.3) is 0 Å². The number of nitrogens with zero attached hydrogens (tertiary/aromatic N) is 1. The largest absolute Gasteiger partial charge is 0.309 e. The third kappa shape index (κ3) is 3.54. The second kappa shape index (κ2) is 8.29. The van der Waals surface area contributed by atoms with Gasteiger partial charge >= 0.3 is 0 Å². The minimum atomic E-state index is 1.18. The van der Waals surface area contributed by atoms with E-state index in [2.05, 4.69) is 138 Å². The lowest BCUT2D eigenvalue weighted by atomic mass is 9.97. The lowest BCUT2D eigenvalue weighted by Crippen LogP contribution is -1.92. The van der Waals surface area contributed by atoms with E-state index in [4.69, 9.17) is 0 Å². The van der Waals surface area contributed by atoms with Crippen LogP contribution in [-0.2, 0) is 0 Å². The molecule has 1 aromatic heterocycles. The molecule has 156 valence electrons. The molecule has 1 nitrogen and oxygen atoms in total. The molecule has 0 spiro atoms. The number of aromatic nitrogens is 1. The van der Waals surface area contributed by atoms with Gasteiger partial charge in [0.2, 0.25) is 0 Å². The highest BCUT2D eigenvalue weighted by atomic mass is 15.0. The lowest BCUT2D eigenvalue weighted by molar-refractivity contribution is 1.18. The van der Waals surface area contributed by atoms with Gasteiger partial charge in [-0.1, -0.05) is 109 Å². The number of rotatable bonds is 4. The Bertz CT molecular complexity index is 1590. The summed E-state index contributed by atoms with van der Waals surface area (Å²) in [6.45, 7) is 0. The highest BCUT2D eigenvalue weighted by Crippen LogP contribution is 2.35. The molecule has 0 radical (unpaired) electrons. The maximum absolute atomic E-state index is 2.36. The molecule has 0 unspecified atom stereocenters. The Hall–Kier alpha value is -4.36. The summed E-state index contributed by atoms with van der Waals surface area (Å²) in [5, 5.41) is 2.55. The van der Waals surface area contributed by atoms with Crippen LogP contribution >= 0.6 is 0 Å². The van der Waals surface area contributed by atoms with Gasteiger partial charge in [0, 0.05) is 16.5 Å². The van der Waals surface area contributed by atoms with Crippen molar-refractivity contribution in [2.45, 2.75) is 0 Å². The smallest absolute Gasteiger partial charge is 0.0541 e. The fourth-order valence-electron chi connectivity index (χ4n) is 4.65. The highest BCUT2D eigenvalue weighted by molar-refractivity contribution is 6.10. The maximum atomic E-state index is 2.36. The number of hydrogen-bond acceptors (Lipinski definition) is 0. The maximum Gasteiger partial charge on any atom is 0.0541 e. The van der Waals surface area contributed by atoms with E-state index in [1.165, 1.54) is 49.7 Å². The summed E-state index contributed by atoms with van der Waals surface area (Å²) >= 11 is 0. The van der Waals surface area contributed by atoms with Gasteiger partial charge in [-0.15, -0.1) is 0 Å². The normalized spacial score (nSPS) is 11.5. The van der Waals surface area contributed by atoms with Crippen molar-refractivity contribution in [2.75, 3.05) is 0 Å². The van der Waals surface area contributed by atoms with Crippen molar-refractivity contribution in [3.8, 4) is 16.8 Å². The fraction of sp³-hybridized carbons (Fsp3) is 0. The average Bonchev–Trinajstić information content (AvgIpc) is 3.22. The zero-order valence-electron chi connectivity index (χ0n) is 18.2. The molecule has 5 aromatic carbocycles. The van der Waals surface area contributed by atoms with Crippen LogP contribution < -0.4 is 0 Å². The molecule has 0 saturated carbocycles. The Morgan fingerprint density at radius 2 is 1.15 bits per heavy atom. The molecule has 1 heteroatoms. The van der Waals surface area contributed by atoms with Crippen molar-refractivity contribution in [3.05, 3.63) is 139 Å². The summed E-state index contributed by atoms with van der Waals surface area (Å²) < 4.78 is 2.36. The van der Waals surface area contributed by atoms with Crippen LogP contribution in [0.5, 0.6) is 0 Å². The third-order valence-electron chi connectivity index (χ3n) is 6.21. The second-order valence-electron chi connectivity index (χ2n) is 8.25. The van der Waals surface area contributed by atoms with Gasteiger partial charge in [0.1, 0.15) is 0 Å². The summed E-state index contributed by atoms with van der Waals surface area (Å²) in [6, 6.07) is 45.2. The SMILES string of the molecule is C(=Cc1ccccc1-c1ccc2c(c1)c1ccccc1n2-c1ccccc1)c1ccccc1. The predicted molar refractivity (Wildman–Crippen MR) is 142 cm³/mol. The molecule has 6 aromatic rings. The van der Waals surface area contributed by atoms with Crippen LogP contribution in [0.25, 0.3) is 50.8 Å². The van der Waals surface area contributed by atoms with Gasteiger partial charge in [-0.25, -0.2) is 0 Å². The Morgan fingerprint density at radius 3 is 2.00 bits per heavy atom. The first-order chi connectivity index (χ1) is 16.4. The summed E-state index contributed by atoms with van der Waals surface area (Å²) in [5.74, 6) is 0. The van der Waals surface area contributed by atoms with Crippen molar-refractivity contribution in [2.24, 2.45) is 0 Å². The van der Waals surface area contributed by atoms with Crippen molar-refractivity contribution in [1.29, 1.82) is 0 Å². The number of hydrogen-bond donors (Lipinski definition) is 0. The van der Waals surface area contributed by atoms with Gasteiger partial charge in [-0.3, -0.25) is 0 Å². The molecule has 0 bridgehead atoms. The van der Waals surface area contributed by atoms with Crippen molar-refractivity contribution in [3.63, 3.8) is 0 Å². The molecule has 0 saturated heterocycles. The van der Waals surface area contributed by atoms with Gasteiger partial charge in [-0.05, 0) is 52.6 Å². The van der Waals surface area contributed by atoms with E-state index in [0.29, 0.717) is 0 Å². The molecule has 0 amide bonds. The molecule has 33 heavy (non-hydrogen) atoms. The van der Waals surface area contributed by atoms with Crippen LogP contribution in [0, 0.1) is 0 Å². The second-order valence-corrected chi connectivity index (χ2v) is 8.25. The standard InChI is InChI=1S/C32H23N/c1-3-11-24(12-4-1)19-20-25-13-7-8-16-28(25)26-21-22-32-30(23-26)29-17-9-10-18-31(29)33(32)27-14-5-2-6-15-27/h1-23H. The number of benzene rings is 5. The van der Waals surface area contributed by atoms with Gasteiger partial charge in [0.05, 0.1) is 11.0 Å². The van der Waals surface area contributed by atoms with Crippen molar-refractivity contribution >= 4 is 34.0 Å². The van der Waals surface area contributed by atoms with E-state index in [0.717, 1.165) is 0 Å². The molecule has 0 aliphatic carbocycles. The van der Waals surface area contributed by atoms with Crippen LogP contribution in [0.4, 0.5) is 0 Å². The number of fused-ring (bicyclic) bond motifs is 3. The van der Waals surface area contributed by atoms with Gasteiger partial charge < -0.3 is 4.57 Å². The Balaban J connectivity index is 1.52. The van der Waals surface area contributed by atoms with E-state index in [1.807, 2.05) is 6.07 Å². The van der Waals surface area contributed by atoms with E-state index >= 15 is 0 Å². The van der Waals surface area contributed by atoms with Gasteiger partial charge in [-0.2, -0.15) is 0 Å². The third-order valence-corrected chi connectivity index (χ3v) is 6.21. The molecule has 0 N–H and O–H groups in total. The Kier molecular flexibility index (Phi) is 4.86. The van der Waals surface area contributed by atoms with Crippen molar-refractivity contribution < 1.29 is 0 Å². The predicted octanol–water partition coefficient (Wildman–Crippen LogP) is 8.62. The summed E-state index contributed by atoms with van der Waals surface area (Å²) in [5.41, 5.74) is 8.52. The highest BCUT2D eigenvalue weighted by Gasteiger charge is 2.13. The molecule has 6 rings (SSSR count). The van der Waals surface area contributed by atoms with Crippen LogP contribution in [0.2, 0.25) is 0 Å². The Labute approximate surface area is 193 Å². The zero-order chi connectivity index (χ0) is 22.0. The topological polar surface area (TPSA) is 4.93 Å². The monoisotopic (exact) mass is 421 g/mol. The van der Waals surface area contributed by atoms with E-state index in [1.54, 1.807) is 0 Å². The zero-order valence-corrected chi connectivity index (χ0v) is 18.2. The lowest BCUT2D eigenvalue weighted by Gasteiger charge is -2.09. The van der Waals surface area contributed by atoms with Gasteiger partial charge in [0.15, 0.2) is 0 Å². The first-order valence-corrected chi connectivity index (χ1v) is 11.3. The fourth-order valence-corrected chi connectivity index (χ4v) is 4.65. The minimum absolute atomic E-state index is 1.18.